The lowest BCUT2D eigenvalue weighted by molar-refractivity contribution is 0.0529. The van der Waals surface area contributed by atoms with E-state index < -0.39 is 5.97 Å². The van der Waals surface area contributed by atoms with E-state index in [1.807, 2.05) is 13.8 Å². The molecule has 0 aliphatic rings. The summed E-state index contributed by atoms with van der Waals surface area (Å²) in [6.07, 6.45) is 1.30. The van der Waals surface area contributed by atoms with Crippen LogP contribution < -0.4 is 0 Å². The lowest BCUT2D eigenvalue weighted by Crippen LogP contribution is -2.31. The first-order valence-electron chi connectivity index (χ1n) is 5.98. The molecular formula is C13H18N2O4. The highest BCUT2D eigenvalue weighted by Gasteiger charge is 2.14. The Bertz CT molecular complexity index is 442. The fourth-order valence-electron chi connectivity index (χ4n) is 1.37. The highest BCUT2D eigenvalue weighted by molar-refractivity contribution is 5.93. The number of rotatable bonds is 6. The van der Waals surface area contributed by atoms with Gasteiger partial charge in [0, 0.05) is 19.8 Å². The summed E-state index contributed by atoms with van der Waals surface area (Å²) < 4.78 is 5.36. The summed E-state index contributed by atoms with van der Waals surface area (Å²) in [7, 11) is 1.65. The number of ether oxygens (including phenoxy) is 1. The normalized spacial score (nSPS) is 10.5. The first kappa shape index (κ1) is 15.1. The summed E-state index contributed by atoms with van der Waals surface area (Å²) in [5, 5.41) is 8.74. The second kappa shape index (κ2) is 6.84. The van der Waals surface area contributed by atoms with E-state index in [1.54, 1.807) is 7.05 Å². The number of carbonyl (C=O) groups is 2. The Kier molecular flexibility index (Phi) is 5.44. The van der Waals surface area contributed by atoms with E-state index in [9.17, 15) is 9.59 Å². The zero-order chi connectivity index (χ0) is 14.4. The molecule has 0 saturated carbocycles. The van der Waals surface area contributed by atoms with Gasteiger partial charge in [0.25, 0.3) is 5.91 Å². The Morgan fingerprint density at radius 1 is 1.42 bits per heavy atom. The standard InChI is InChI=1S/C13H18N2O4/c1-9(2)19-7-6-15(3)12(16)11-5-4-10(8-14-11)13(17)18/h4-5,8-9H,6-7H2,1-3H3,(H,17,18). The summed E-state index contributed by atoms with van der Waals surface area (Å²) in [6, 6.07) is 2.77. The minimum absolute atomic E-state index is 0.0577. The van der Waals surface area contributed by atoms with Gasteiger partial charge in [-0.3, -0.25) is 9.78 Å². The molecule has 0 radical (unpaired) electrons. The van der Waals surface area contributed by atoms with Crippen LogP contribution in [0.25, 0.3) is 0 Å². The monoisotopic (exact) mass is 266 g/mol. The first-order chi connectivity index (χ1) is 8.91. The highest BCUT2D eigenvalue weighted by Crippen LogP contribution is 2.03. The number of pyridine rings is 1. The van der Waals surface area contributed by atoms with Crippen molar-refractivity contribution in [3.63, 3.8) is 0 Å². The van der Waals surface area contributed by atoms with Crippen molar-refractivity contribution < 1.29 is 19.4 Å². The molecule has 6 nitrogen and oxygen atoms in total. The van der Waals surface area contributed by atoms with Crippen molar-refractivity contribution in [1.29, 1.82) is 0 Å². The largest absolute Gasteiger partial charge is 0.478 e. The predicted molar refractivity (Wildman–Crippen MR) is 69.2 cm³/mol. The van der Waals surface area contributed by atoms with E-state index in [2.05, 4.69) is 4.98 Å². The molecule has 104 valence electrons. The number of hydrogen-bond donors (Lipinski definition) is 1. The van der Waals surface area contributed by atoms with Crippen LogP contribution in [0.2, 0.25) is 0 Å². The predicted octanol–water partition coefficient (Wildman–Crippen LogP) is 1.28. The van der Waals surface area contributed by atoms with Crippen LogP contribution in [0.1, 0.15) is 34.7 Å². The molecule has 0 aliphatic heterocycles. The van der Waals surface area contributed by atoms with E-state index in [0.717, 1.165) is 0 Å². The van der Waals surface area contributed by atoms with Gasteiger partial charge in [-0.25, -0.2) is 4.79 Å². The molecule has 0 saturated heterocycles. The number of aromatic carboxylic acids is 1. The average molecular weight is 266 g/mol. The van der Waals surface area contributed by atoms with Gasteiger partial charge in [0.05, 0.1) is 18.3 Å². The molecule has 0 bridgehead atoms. The van der Waals surface area contributed by atoms with Gasteiger partial charge in [0.15, 0.2) is 0 Å². The summed E-state index contributed by atoms with van der Waals surface area (Å²) in [5.74, 6) is -1.32. The molecule has 0 unspecified atom stereocenters. The Hall–Kier alpha value is -1.95. The molecule has 1 amide bonds. The molecule has 0 spiro atoms. The molecule has 1 heterocycles. The van der Waals surface area contributed by atoms with E-state index in [0.29, 0.717) is 13.2 Å². The van der Waals surface area contributed by atoms with Crippen molar-refractivity contribution >= 4 is 11.9 Å². The van der Waals surface area contributed by atoms with Crippen molar-refractivity contribution in [2.45, 2.75) is 20.0 Å². The Labute approximate surface area is 112 Å². The zero-order valence-corrected chi connectivity index (χ0v) is 11.3. The van der Waals surface area contributed by atoms with Crippen LogP contribution in [0, 0.1) is 0 Å². The zero-order valence-electron chi connectivity index (χ0n) is 11.3. The minimum atomic E-state index is -1.06. The number of amides is 1. The number of hydrogen-bond acceptors (Lipinski definition) is 4. The Morgan fingerprint density at radius 3 is 2.58 bits per heavy atom. The molecule has 0 aliphatic carbocycles. The van der Waals surface area contributed by atoms with Gasteiger partial charge in [-0.1, -0.05) is 0 Å². The number of carboxylic acid groups (broad SMARTS) is 1. The topological polar surface area (TPSA) is 79.7 Å². The van der Waals surface area contributed by atoms with Crippen molar-refractivity contribution in [1.82, 2.24) is 9.88 Å². The molecule has 19 heavy (non-hydrogen) atoms. The maximum atomic E-state index is 12.0. The third-order valence-electron chi connectivity index (χ3n) is 2.45. The van der Waals surface area contributed by atoms with Gasteiger partial charge in [0.2, 0.25) is 0 Å². The van der Waals surface area contributed by atoms with Crippen molar-refractivity contribution in [2.24, 2.45) is 0 Å². The third-order valence-corrected chi connectivity index (χ3v) is 2.45. The summed E-state index contributed by atoms with van der Waals surface area (Å²) >= 11 is 0. The molecule has 6 heteroatoms. The minimum Gasteiger partial charge on any atom is -0.478 e. The third kappa shape index (κ3) is 4.67. The van der Waals surface area contributed by atoms with Gasteiger partial charge in [-0.15, -0.1) is 0 Å². The number of carbonyl (C=O) groups excluding carboxylic acids is 1. The van der Waals surface area contributed by atoms with Crippen LogP contribution in [0.4, 0.5) is 0 Å². The van der Waals surface area contributed by atoms with Crippen LogP contribution in [0.5, 0.6) is 0 Å². The first-order valence-corrected chi connectivity index (χ1v) is 5.98. The van der Waals surface area contributed by atoms with Crippen LogP contribution in [-0.4, -0.2) is 53.2 Å². The molecule has 0 fully saturated rings. The van der Waals surface area contributed by atoms with Gasteiger partial charge >= 0.3 is 5.97 Å². The number of aromatic nitrogens is 1. The van der Waals surface area contributed by atoms with Crippen LogP contribution in [-0.2, 0) is 4.74 Å². The van der Waals surface area contributed by atoms with Crippen LogP contribution in [0.15, 0.2) is 18.3 Å². The Morgan fingerprint density at radius 2 is 2.11 bits per heavy atom. The van der Waals surface area contributed by atoms with E-state index in [1.165, 1.54) is 23.2 Å². The fraction of sp³-hybridized carbons (Fsp3) is 0.462. The lowest BCUT2D eigenvalue weighted by atomic mass is 10.2. The molecule has 0 aromatic carbocycles. The molecule has 1 rings (SSSR count). The SMILES string of the molecule is CC(C)OCCN(C)C(=O)c1ccc(C(=O)O)cn1. The second-order valence-corrected chi connectivity index (χ2v) is 4.38. The Balaban J connectivity index is 2.59. The van der Waals surface area contributed by atoms with Gasteiger partial charge in [0.1, 0.15) is 5.69 Å². The highest BCUT2D eigenvalue weighted by atomic mass is 16.5. The molecular weight excluding hydrogens is 248 g/mol. The smallest absolute Gasteiger partial charge is 0.337 e. The summed E-state index contributed by atoms with van der Waals surface area (Å²) in [5.41, 5.74) is 0.277. The lowest BCUT2D eigenvalue weighted by Gasteiger charge is -2.17. The quantitative estimate of drug-likeness (QED) is 0.839. The van der Waals surface area contributed by atoms with Gasteiger partial charge in [-0.05, 0) is 26.0 Å². The van der Waals surface area contributed by atoms with Crippen LogP contribution in [0.3, 0.4) is 0 Å². The number of likely N-dealkylation sites (N-methyl/N-ethyl adjacent to an activating group) is 1. The average Bonchev–Trinajstić information content (AvgIpc) is 2.37. The number of nitrogens with zero attached hydrogens (tertiary/aromatic N) is 2. The molecule has 1 aromatic heterocycles. The number of carboxylic acids is 1. The van der Waals surface area contributed by atoms with E-state index >= 15 is 0 Å². The van der Waals surface area contributed by atoms with E-state index in [4.69, 9.17) is 9.84 Å². The summed E-state index contributed by atoms with van der Waals surface area (Å²) in [6.45, 7) is 4.76. The van der Waals surface area contributed by atoms with Crippen molar-refractivity contribution in [3.8, 4) is 0 Å². The second-order valence-electron chi connectivity index (χ2n) is 4.38. The maximum absolute atomic E-state index is 12.0. The molecule has 1 aromatic rings. The van der Waals surface area contributed by atoms with Crippen LogP contribution >= 0.6 is 0 Å². The van der Waals surface area contributed by atoms with Gasteiger partial charge < -0.3 is 14.7 Å². The summed E-state index contributed by atoms with van der Waals surface area (Å²) in [4.78, 5) is 28.0. The molecule has 0 atom stereocenters. The van der Waals surface area contributed by atoms with Crippen molar-refractivity contribution in [2.75, 3.05) is 20.2 Å². The van der Waals surface area contributed by atoms with Crippen molar-refractivity contribution in [3.05, 3.63) is 29.6 Å². The fourth-order valence-corrected chi connectivity index (χ4v) is 1.37. The maximum Gasteiger partial charge on any atom is 0.337 e. The molecule has 1 N–H and O–H groups in total. The van der Waals surface area contributed by atoms with Gasteiger partial charge in [-0.2, -0.15) is 0 Å². The van der Waals surface area contributed by atoms with E-state index in [-0.39, 0.29) is 23.3 Å².